The third-order valence-corrected chi connectivity index (χ3v) is 5.83. The van der Waals surface area contributed by atoms with Crippen LogP contribution in [0.25, 0.3) is 0 Å². The first-order valence-corrected chi connectivity index (χ1v) is 10.2. The molecule has 0 aliphatic rings. The molecular weight excluding hydrogens is 350 g/mol. The van der Waals surface area contributed by atoms with Crippen molar-refractivity contribution in [2.45, 2.75) is 32.1 Å². The first-order chi connectivity index (χ1) is 12.2. The molecule has 0 aliphatic heterocycles. The van der Waals surface area contributed by atoms with Crippen LogP contribution in [-0.4, -0.2) is 31.8 Å². The molecule has 0 radical (unpaired) electrons. The van der Waals surface area contributed by atoms with Crippen molar-refractivity contribution < 1.29 is 18.3 Å². The fourth-order valence-corrected chi connectivity index (χ4v) is 3.59. The molecule has 2 aromatic carbocycles. The maximum Gasteiger partial charge on any atom is 0.313 e. The van der Waals surface area contributed by atoms with Gasteiger partial charge < -0.3 is 5.11 Å². The summed E-state index contributed by atoms with van der Waals surface area (Å²) < 4.78 is 26.8. The summed E-state index contributed by atoms with van der Waals surface area (Å²) in [5, 5.41) is 9.25. The molecule has 0 bridgehead atoms. The van der Waals surface area contributed by atoms with Gasteiger partial charge in [0.25, 0.3) is 0 Å². The lowest BCUT2D eigenvalue weighted by molar-refractivity contribution is -0.142. The van der Waals surface area contributed by atoms with Crippen LogP contribution in [0.4, 0.5) is 0 Å². The van der Waals surface area contributed by atoms with Gasteiger partial charge in [0.15, 0.2) is 0 Å². The largest absolute Gasteiger partial charge is 0.481 e. The second kappa shape index (κ2) is 8.47. The van der Waals surface area contributed by atoms with Gasteiger partial charge in [-0.05, 0) is 43.4 Å². The van der Waals surface area contributed by atoms with Gasteiger partial charge in [0.05, 0.1) is 11.2 Å². The minimum atomic E-state index is -3.32. The molecule has 0 aromatic heterocycles. The molecule has 0 amide bonds. The number of carboxylic acid groups (broad SMARTS) is 1. The van der Waals surface area contributed by atoms with Gasteiger partial charge in [0.1, 0.15) is 0 Å². The Kier molecular flexibility index (Phi) is 6.56. The van der Waals surface area contributed by atoms with Crippen molar-refractivity contribution in [3.05, 3.63) is 71.3 Å². The van der Waals surface area contributed by atoms with Crippen LogP contribution < -0.4 is 4.72 Å². The maximum atomic E-state index is 12.1. The lowest BCUT2D eigenvalue weighted by Gasteiger charge is -2.19. The number of carboxylic acids is 1. The van der Waals surface area contributed by atoms with E-state index in [9.17, 15) is 18.3 Å². The summed E-state index contributed by atoms with van der Waals surface area (Å²) in [5.41, 5.74) is 1.73. The van der Waals surface area contributed by atoms with Crippen molar-refractivity contribution in [2.75, 3.05) is 12.3 Å². The Morgan fingerprint density at radius 3 is 2.12 bits per heavy atom. The molecule has 2 rings (SSSR count). The third kappa shape index (κ3) is 5.68. The number of benzene rings is 2. The molecule has 26 heavy (non-hydrogen) atoms. The molecule has 0 heterocycles. The average molecular weight is 375 g/mol. The maximum absolute atomic E-state index is 12.1. The van der Waals surface area contributed by atoms with Crippen molar-refractivity contribution in [2.24, 2.45) is 0 Å². The number of carbonyl (C=O) groups is 1. The van der Waals surface area contributed by atoms with E-state index in [4.69, 9.17) is 0 Å². The zero-order valence-corrected chi connectivity index (χ0v) is 15.9. The highest BCUT2D eigenvalue weighted by atomic mass is 32.2. The summed E-state index contributed by atoms with van der Waals surface area (Å²) >= 11 is 0. The fraction of sp³-hybridized carbons (Fsp3) is 0.350. The minimum absolute atomic E-state index is 0.0583. The zero-order chi connectivity index (χ0) is 19.2. The highest BCUT2D eigenvalue weighted by Crippen LogP contribution is 2.23. The van der Waals surface area contributed by atoms with Crippen LogP contribution in [0.15, 0.2) is 54.6 Å². The number of aryl methyl sites for hydroxylation is 1. The lowest BCUT2D eigenvalue weighted by atomic mass is 9.84. The molecule has 2 N–H and O–H groups in total. The molecule has 0 atom stereocenters. The van der Waals surface area contributed by atoms with Crippen LogP contribution in [0, 0.1) is 0 Å². The molecule has 0 aliphatic carbocycles. The SMILES string of the molecule is CC(C)(C(=O)O)c1ccc(CCNS(=O)(=O)CCc2ccccc2)cc1. The van der Waals surface area contributed by atoms with Gasteiger partial charge in [-0.25, -0.2) is 13.1 Å². The Balaban J connectivity index is 1.84. The molecular formula is C20H25NO4S. The van der Waals surface area contributed by atoms with Gasteiger partial charge in [-0.1, -0.05) is 54.6 Å². The molecule has 140 valence electrons. The number of hydrogen-bond acceptors (Lipinski definition) is 3. The normalized spacial score (nSPS) is 12.1. The first-order valence-electron chi connectivity index (χ1n) is 8.55. The van der Waals surface area contributed by atoms with Crippen molar-refractivity contribution >= 4 is 16.0 Å². The van der Waals surface area contributed by atoms with Crippen LogP contribution in [0.1, 0.15) is 30.5 Å². The summed E-state index contributed by atoms with van der Waals surface area (Å²) in [5.74, 6) is -0.820. The second-order valence-corrected chi connectivity index (χ2v) is 8.75. The minimum Gasteiger partial charge on any atom is -0.481 e. The van der Waals surface area contributed by atoms with Crippen LogP contribution >= 0.6 is 0 Å². The van der Waals surface area contributed by atoms with Crippen molar-refractivity contribution in [3.8, 4) is 0 Å². The number of rotatable bonds is 9. The van der Waals surface area contributed by atoms with Crippen molar-refractivity contribution in [3.63, 3.8) is 0 Å². The highest BCUT2D eigenvalue weighted by molar-refractivity contribution is 7.89. The summed E-state index contributed by atoms with van der Waals surface area (Å²) in [7, 11) is -3.32. The number of sulfonamides is 1. The predicted molar refractivity (Wildman–Crippen MR) is 103 cm³/mol. The number of nitrogens with one attached hydrogen (secondary N) is 1. The van der Waals surface area contributed by atoms with Gasteiger partial charge in [-0.3, -0.25) is 4.79 Å². The highest BCUT2D eigenvalue weighted by Gasteiger charge is 2.29. The topological polar surface area (TPSA) is 83.5 Å². The van der Waals surface area contributed by atoms with Crippen molar-refractivity contribution in [1.82, 2.24) is 4.72 Å². The number of aliphatic carboxylic acids is 1. The predicted octanol–water partition coefficient (Wildman–Crippen LogP) is 2.75. The zero-order valence-electron chi connectivity index (χ0n) is 15.1. The van der Waals surface area contributed by atoms with E-state index in [1.807, 2.05) is 42.5 Å². The number of hydrogen-bond donors (Lipinski definition) is 2. The third-order valence-electron chi connectivity index (χ3n) is 4.45. The molecule has 0 fully saturated rings. The van der Waals surface area contributed by atoms with Gasteiger partial charge in [-0.2, -0.15) is 0 Å². The van der Waals surface area contributed by atoms with E-state index in [-0.39, 0.29) is 5.75 Å². The van der Waals surface area contributed by atoms with E-state index in [2.05, 4.69) is 4.72 Å². The summed E-state index contributed by atoms with van der Waals surface area (Å²) in [6, 6.07) is 16.8. The van der Waals surface area contributed by atoms with E-state index in [0.717, 1.165) is 16.7 Å². The molecule has 6 heteroatoms. The average Bonchev–Trinajstić information content (AvgIpc) is 2.61. The van der Waals surface area contributed by atoms with Crippen molar-refractivity contribution in [1.29, 1.82) is 0 Å². The Hall–Kier alpha value is -2.18. The Morgan fingerprint density at radius 1 is 0.962 bits per heavy atom. The monoisotopic (exact) mass is 375 g/mol. The van der Waals surface area contributed by atoms with E-state index < -0.39 is 21.4 Å². The second-order valence-electron chi connectivity index (χ2n) is 6.83. The summed E-state index contributed by atoms with van der Waals surface area (Å²) in [6.07, 6.45) is 1.04. The molecule has 0 saturated carbocycles. The standard InChI is InChI=1S/C20H25NO4S/c1-20(2,19(22)23)18-10-8-17(9-11-18)12-14-21-26(24,25)15-13-16-6-4-3-5-7-16/h3-11,21H,12-15H2,1-2H3,(H,22,23). The molecule has 0 spiro atoms. The van der Waals surface area contributed by atoms with Crippen LogP contribution in [0.5, 0.6) is 0 Å². The van der Waals surface area contributed by atoms with Gasteiger partial charge >= 0.3 is 5.97 Å². The summed E-state index contributed by atoms with van der Waals surface area (Å²) in [6.45, 7) is 3.63. The molecule has 0 saturated heterocycles. The fourth-order valence-electron chi connectivity index (χ4n) is 2.53. The first kappa shape index (κ1) is 20.1. The Bertz CT molecular complexity index is 828. The van der Waals surface area contributed by atoms with E-state index in [1.165, 1.54) is 0 Å². The molecule has 5 nitrogen and oxygen atoms in total. The van der Waals surface area contributed by atoms with Crippen LogP contribution in [0.3, 0.4) is 0 Å². The van der Waals surface area contributed by atoms with E-state index >= 15 is 0 Å². The van der Waals surface area contributed by atoms with Gasteiger partial charge in [0, 0.05) is 6.54 Å². The smallest absolute Gasteiger partial charge is 0.313 e. The molecule has 0 unspecified atom stereocenters. The van der Waals surface area contributed by atoms with E-state index in [1.54, 1.807) is 26.0 Å². The van der Waals surface area contributed by atoms with Crippen LogP contribution in [0.2, 0.25) is 0 Å². The van der Waals surface area contributed by atoms with Crippen LogP contribution in [-0.2, 0) is 33.1 Å². The lowest BCUT2D eigenvalue weighted by Crippen LogP contribution is -2.29. The Morgan fingerprint density at radius 2 is 1.54 bits per heavy atom. The quantitative estimate of drug-likeness (QED) is 0.706. The summed E-state index contributed by atoms with van der Waals surface area (Å²) in [4.78, 5) is 11.3. The van der Waals surface area contributed by atoms with Gasteiger partial charge in [0.2, 0.25) is 10.0 Å². The van der Waals surface area contributed by atoms with Gasteiger partial charge in [-0.15, -0.1) is 0 Å². The Labute approximate surface area is 155 Å². The van der Waals surface area contributed by atoms with E-state index in [0.29, 0.717) is 19.4 Å². The molecule has 2 aromatic rings.